The summed E-state index contributed by atoms with van der Waals surface area (Å²) < 4.78 is 5.27. The number of halogens is 1. The van der Waals surface area contributed by atoms with Gasteiger partial charge in [0.15, 0.2) is 0 Å². The highest BCUT2D eigenvalue weighted by Gasteiger charge is 2.29. The zero-order valence-electron chi connectivity index (χ0n) is 12.9. The third-order valence-electron chi connectivity index (χ3n) is 4.38. The van der Waals surface area contributed by atoms with Gasteiger partial charge in [-0.1, -0.05) is 24.4 Å². The first-order valence-electron chi connectivity index (χ1n) is 8.01. The van der Waals surface area contributed by atoms with Crippen molar-refractivity contribution in [2.75, 3.05) is 6.54 Å². The summed E-state index contributed by atoms with van der Waals surface area (Å²) in [6.45, 7) is 0.699. The Morgan fingerprint density at radius 3 is 3.04 bits per heavy atom. The van der Waals surface area contributed by atoms with Crippen LogP contribution in [0.15, 0.2) is 35.1 Å². The molecule has 0 aromatic carbocycles. The molecule has 0 bridgehead atoms. The Morgan fingerprint density at radius 1 is 1.48 bits per heavy atom. The molecular formula is C17H21ClN2O3. The molecule has 5 nitrogen and oxygen atoms in total. The van der Waals surface area contributed by atoms with Crippen molar-refractivity contribution in [3.8, 4) is 0 Å². The number of aliphatic hydroxyl groups excluding tert-OH is 1. The lowest BCUT2D eigenvalue weighted by atomic mass is 10.0. The number of aliphatic hydroxyl groups is 1. The molecular weight excluding hydrogens is 316 g/mol. The van der Waals surface area contributed by atoms with Crippen LogP contribution in [0.3, 0.4) is 0 Å². The molecule has 23 heavy (non-hydrogen) atoms. The Kier molecular flexibility index (Phi) is 5.08. The van der Waals surface area contributed by atoms with Gasteiger partial charge in [-0.15, -0.1) is 0 Å². The second-order valence-corrected chi connectivity index (χ2v) is 6.44. The van der Waals surface area contributed by atoms with Gasteiger partial charge in [0.2, 0.25) is 0 Å². The van der Waals surface area contributed by atoms with Crippen molar-refractivity contribution in [3.05, 3.63) is 47.1 Å². The number of nitrogens with zero attached hydrogens (tertiary/aromatic N) is 1. The minimum Gasteiger partial charge on any atom is -0.467 e. The molecule has 1 aliphatic heterocycles. The number of hydrogen-bond donors (Lipinski definition) is 2. The number of carbonyl (C=O) groups excluding carboxylic acids is 1. The van der Waals surface area contributed by atoms with E-state index in [-0.39, 0.29) is 11.9 Å². The van der Waals surface area contributed by atoms with Gasteiger partial charge in [0.05, 0.1) is 11.3 Å². The highest BCUT2D eigenvalue weighted by molar-refractivity contribution is 6.30. The number of aromatic amines is 1. The molecule has 3 rings (SSSR count). The molecule has 2 atom stereocenters. The summed E-state index contributed by atoms with van der Waals surface area (Å²) in [6, 6.07) is 5.16. The van der Waals surface area contributed by atoms with E-state index in [9.17, 15) is 9.90 Å². The molecule has 1 amide bonds. The zero-order chi connectivity index (χ0) is 16.2. The molecule has 2 aromatic heterocycles. The average molecular weight is 337 g/mol. The van der Waals surface area contributed by atoms with E-state index in [1.807, 2.05) is 4.90 Å². The maximum Gasteiger partial charge on any atom is 0.270 e. The molecule has 0 saturated carbocycles. The van der Waals surface area contributed by atoms with E-state index < -0.39 is 6.10 Å². The van der Waals surface area contributed by atoms with Crippen molar-refractivity contribution < 1.29 is 14.3 Å². The second-order valence-electron chi connectivity index (χ2n) is 6.00. The normalized spacial score (nSPS) is 20.3. The van der Waals surface area contributed by atoms with E-state index in [1.54, 1.807) is 30.7 Å². The third kappa shape index (κ3) is 3.79. The quantitative estimate of drug-likeness (QED) is 0.892. The van der Waals surface area contributed by atoms with Crippen LogP contribution in [-0.4, -0.2) is 33.5 Å². The summed E-state index contributed by atoms with van der Waals surface area (Å²) >= 11 is 5.91. The van der Waals surface area contributed by atoms with E-state index in [1.165, 1.54) is 0 Å². The van der Waals surface area contributed by atoms with Crippen molar-refractivity contribution in [3.63, 3.8) is 0 Å². The minimum absolute atomic E-state index is 0.00724. The first kappa shape index (κ1) is 16.1. The summed E-state index contributed by atoms with van der Waals surface area (Å²) in [4.78, 5) is 17.6. The van der Waals surface area contributed by atoms with Gasteiger partial charge >= 0.3 is 0 Å². The zero-order valence-corrected chi connectivity index (χ0v) is 13.6. The summed E-state index contributed by atoms with van der Waals surface area (Å²) in [6.07, 6.45) is 6.97. The van der Waals surface area contributed by atoms with Crippen LogP contribution < -0.4 is 0 Å². The molecule has 6 heteroatoms. The second kappa shape index (κ2) is 7.23. The highest BCUT2D eigenvalue weighted by Crippen LogP contribution is 2.28. The number of furan rings is 1. The maximum absolute atomic E-state index is 12.8. The fourth-order valence-corrected chi connectivity index (χ4v) is 3.35. The lowest BCUT2D eigenvalue weighted by Gasteiger charge is -2.31. The number of hydrogen-bond acceptors (Lipinski definition) is 3. The Labute approximate surface area is 140 Å². The monoisotopic (exact) mass is 336 g/mol. The molecule has 124 valence electrons. The number of aromatic nitrogens is 1. The number of likely N-dealkylation sites (tertiary alicyclic amines) is 1. The molecule has 0 aliphatic carbocycles. The van der Waals surface area contributed by atoms with Gasteiger partial charge in [0.25, 0.3) is 5.91 Å². The van der Waals surface area contributed by atoms with Gasteiger partial charge in [-0.3, -0.25) is 4.79 Å². The van der Waals surface area contributed by atoms with Crippen molar-refractivity contribution in [1.82, 2.24) is 9.88 Å². The lowest BCUT2D eigenvalue weighted by molar-refractivity contribution is 0.0553. The minimum atomic E-state index is -0.698. The number of nitrogens with one attached hydrogen (secondary N) is 1. The van der Waals surface area contributed by atoms with Crippen molar-refractivity contribution in [1.29, 1.82) is 0 Å². The van der Waals surface area contributed by atoms with Gasteiger partial charge < -0.3 is 19.4 Å². The molecule has 1 saturated heterocycles. The highest BCUT2D eigenvalue weighted by atomic mass is 35.5. The Balaban J connectivity index is 1.75. The molecule has 1 aliphatic rings. The molecule has 0 spiro atoms. The topological polar surface area (TPSA) is 69.5 Å². The van der Waals surface area contributed by atoms with Crippen LogP contribution >= 0.6 is 11.6 Å². The van der Waals surface area contributed by atoms with Crippen LogP contribution in [0.5, 0.6) is 0 Å². The number of carbonyl (C=O) groups is 1. The predicted molar refractivity (Wildman–Crippen MR) is 87.4 cm³/mol. The average Bonchev–Trinajstić information content (AvgIpc) is 3.16. The molecule has 0 unspecified atom stereocenters. The van der Waals surface area contributed by atoms with Crippen LogP contribution in [0.1, 0.15) is 54.5 Å². The number of H-pyrrole nitrogens is 1. The lowest BCUT2D eigenvalue weighted by Crippen LogP contribution is -2.41. The van der Waals surface area contributed by atoms with E-state index in [0.29, 0.717) is 29.4 Å². The van der Waals surface area contributed by atoms with Gasteiger partial charge in [-0.2, -0.15) is 0 Å². The largest absolute Gasteiger partial charge is 0.467 e. The fraction of sp³-hybridized carbons (Fsp3) is 0.471. The van der Waals surface area contributed by atoms with Gasteiger partial charge in [-0.25, -0.2) is 0 Å². The van der Waals surface area contributed by atoms with Gasteiger partial charge in [0, 0.05) is 25.2 Å². The standard InChI is InChI=1S/C17H21ClN2O3/c18-12-9-14(19-11-12)17(22)20-7-3-1-2-5-13(20)10-15(21)16-6-4-8-23-16/h4,6,8-9,11,13,15,19,21H,1-3,5,7,10H2/t13-,15-/m1/s1. The summed E-state index contributed by atoms with van der Waals surface area (Å²) in [5.41, 5.74) is 0.495. The first-order chi connectivity index (χ1) is 11.1. The molecule has 2 aromatic rings. The molecule has 1 fully saturated rings. The number of rotatable bonds is 4. The summed E-state index contributed by atoms with van der Waals surface area (Å²) in [7, 11) is 0. The smallest absolute Gasteiger partial charge is 0.270 e. The van der Waals surface area contributed by atoms with Crippen molar-refractivity contribution >= 4 is 17.5 Å². The van der Waals surface area contributed by atoms with Crippen LogP contribution in [0, 0.1) is 0 Å². The van der Waals surface area contributed by atoms with Gasteiger partial charge in [0.1, 0.15) is 17.6 Å². The van der Waals surface area contributed by atoms with E-state index in [2.05, 4.69) is 4.98 Å². The molecule has 2 N–H and O–H groups in total. The Hall–Kier alpha value is -1.72. The Morgan fingerprint density at radius 2 is 2.35 bits per heavy atom. The first-order valence-corrected chi connectivity index (χ1v) is 8.39. The Bertz CT molecular complexity index is 638. The molecule has 0 radical (unpaired) electrons. The van der Waals surface area contributed by atoms with Gasteiger partial charge in [-0.05, 0) is 31.0 Å². The van der Waals surface area contributed by atoms with E-state index in [0.717, 1.165) is 25.7 Å². The van der Waals surface area contributed by atoms with Crippen LogP contribution in [0.4, 0.5) is 0 Å². The van der Waals surface area contributed by atoms with Crippen LogP contribution in [-0.2, 0) is 0 Å². The van der Waals surface area contributed by atoms with Crippen molar-refractivity contribution in [2.24, 2.45) is 0 Å². The van der Waals surface area contributed by atoms with Crippen LogP contribution in [0.25, 0.3) is 0 Å². The predicted octanol–water partition coefficient (Wildman–Crippen LogP) is 3.77. The fourth-order valence-electron chi connectivity index (χ4n) is 3.19. The van der Waals surface area contributed by atoms with E-state index in [4.69, 9.17) is 16.0 Å². The maximum atomic E-state index is 12.8. The summed E-state index contributed by atoms with van der Waals surface area (Å²) in [5.74, 6) is 0.486. The number of amides is 1. The third-order valence-corrected chi connectivity index (χ3v) is 4.60. The molecule has 3 heterocycles. The van der Waals surface area contributed by atoms with E-state index >= 15 is 0 Å². The van der Waals surface area contributed by atoms with Crippen molar-refractivity contribution in [2.45, 2.75) is 44.2 Å². The SMILES string of the molecule is O=C(c1cc(Cl)c[nH]1)N1CCCCC[C@@H]1C[C@@H](O)c1ccco1. The summed E-state index contributed by atoms with van der Waals surface area (Å²) in [5, 5.41) is 10.9. The van der Waals surface area contributed by atoms with Crippen LogP contribution in [0.2, 0.25) is 5.02 Å².